The fourth-order valence-corrected chi connectivity index (χ4v) is 3.64. The lowest BCUT2D eigenvalue weighted by Crippen LogP contribution is -2.27. The summed E-state index contributed by atoms with van der Waals surface area (Å²) >= 11 is 0. The number of nitrogens with zero attached hydrogens (tertiary/aromatic N) is 3. The third-order valence-electron chi connectivity index (χ3n) is 5.15. The number of benzene rings is 1. The Balaban J connectivity index is 1.89. The first-order valence-corrected chi connectivity index (χ1v) is 8.72. The van der Waals surface area contributed by atoms with Gasteiger partial charge in [-0.15, -0.1) is 0 Å². The van der Waals surface area contributed by atoms with E-state index in [-0.39, 0.29) is 6.09 Å². The molecule has 0 radical (unpaired) electrons. The Morgan fingerprint density at radius 3 is 2.73 bits per heavy atom. The number of aromatic nitrogens is 2. The van der Waals surface area contributed by atoms with Gasteiger partial charge in [0.25, 0.3) is 0 Å². The molecule has 26 heavy (non-hydrogen) atoms. The molecule has 2 aromatic heterocycles. The fraction of sp³-hybridized carbons (Fsp3) is 0.300. The summed E-state index contributed by atoms with van der Waals surface area (Å²) in [6.07, 6.45) is 1.67. The van der Waals surface area contributed by atoms with Crippen LogP contribution in [0.1, 0.15) is 34.1 Å². The summed E-state index contributed by atoms with van der Waals surface area (Å²) in [5.74, 6) is 0. The van der Waals surface area contributed by atoms with Crippen LogP contribution in [0, 0.1) is 20.8 Å². The number of pyridine rings is 1. The van der Waals surface area contributed by atoms with Crippen LogP contribution < -0.4 is 10.6 Å². The Morgan fingerprint density at radius 1 is 1.19 bits per heavy atom. The van der Waals surface area contributed by atoms with Crippen LogP contribution in [0.4, 0.5) is 10.5 Å². The van der Waals surface area contributed by atoms with E-state index in [1.165, 1.54) is 0 Å². The van der Waals surface area contributed by atoms with Crippen molar-refractivity contribution in [2.75, 3.05) is 18.1 Å². The van der Waals surface area contributed by atoms with Gasteiger partial charge in [0.2, 0.25) is 0 Å². The Hall–Kier alpha value is -2.86. The van der Waals surface area contributed by atoms with Gasteiger partial charge in [0.05, 0.1) is 24.0 Å². The minimum Gasteiger partial charge on any atom is -0.447 e. The minimum absolute atomic E-state index is 0.324. The van der Waals surface area contributed by atoms with Crippen LogP contribution in [0.3, 0.4) is 0 Å². The molecule has 1 aliphatic rings. The third kappa shape index (κ3) is 2.45. The third-order valence-corrected chi connectivity index (χ3v) is 5.15. The predicted molar refractivity (Wildman–Crippen MR) is 101 cm³/mol. The molecule has 134 valence electrons. The van der Waals surface area contributed by atoms with Crippen molar-refractivity contribution in [3.63, 3.8) is 0 Å². The Kier molecular flexibility index (Phi) is 3.92. The van der Waals surface area contributed by atoms with E-state index in [2.05, 4.69) is 4.40 Å². The number of hydrogen-bond donors (Lipinski definition) is 1. The highest BCUT2D eigenvalue weighted by atomic mass is 16.6. The lowest BCUT2D eigenvalue weighted by Gasteiger charge is -2.24. The lowest BCUT2D eigenvalue weighted by molar-refractivity contribution is 0.181. The molecule has 0 aliphatic carbocycles. The summed E-state index contributed by atoms with van der Waals surface area (Å²) in [5.41, 5.74) is 13.4. The Morgan fingerprint density at radius 2 is 2.00 bits per heavy atom. The van der Waals surface area contributed by atoms with Crippen LogP contribution in [0.15, 0.2) is 36.5 Å². The van der Waals surface area contributed by atoms with E-state index < -0.39 is 6.04 Å². The highest BCUT2D eigenvalue weighted by Gasteiger charge is 2.29. The number of cyclic esters (lactones) is 1. The van der Waals surface area contributed by atoms with Crippen LogP contribution in [0.25, 0.3) is 5.65 Å². The number of imidazole rings is 1. The zero-order valence-corrected chi connectivity index (χ0v) is 15.2. The number of rotatable bonds is 3. The van der Waals surface area contributed by atoms with Crippen LogP contribution >= 0.6 is 0 Å². The molecule has 3 aromatic rings. The van der Waals surface area contributed by atoms with E-state index in [0.29, 0.717) is 13.2 Å². The van der Waals surface area contributed by atoms with Gasteiger partial charge in [-0.05, 0) is 38.5 Å². The summed E-state index contributed by atoms with van der Waals surface area (Å²) in [4.78, 5) is 18.5. The molecule has 3 heterocycles. The van der Waals surface area contributed by atoms with Gasteiger partial charge in [-0.2, -0.15) is 0 Å². The van der Waals surface area contributed by atoms with Crippen molar-refractivity contribution in [2.24, 2.45) is 5.73 Å². The molecule has 1 aliphatic heterocycles. The van der Waals surface area contributed by atoms with Crippen LogP contribution in [0.5, 0.6) is 0 Å². The Labute approximate surface area is 152 Å². The van der Waals surface area contributed by atoms with E-state index in [4.69, 9.17) is 15.5 Å². The number of nitrogens with two attached hydrogens (primary N) is 1. The van der Waals surface area contributed by atoms with Gasteiger partial charge in [0.15, 0.2) is 0 Å². The second-order valence-corrected chi connectivity index (χ2v) is 6.69. The molecule has 1 amide bonds. The SMILES string of the molecule is Cc1cccc(N2CCOC2=O)c1C(N)c1cccn2c(C)c(C)nc12. The second-order valence-electron chi connectivity index (χ2n) is 6.69. The van der Waals surface area contributed by atoms with Gasteiger partial charge in [0, 0.05) is 23.0 Å². The molecule has 2 N–H and O–H groups in total. The summed E-state index contributed by atoms with van der Waals surface area (Å²) in [6, 6.07) is 9.48. The maximum atomic E-state index is 12.1. The van der Waals surface area contributed by atoms with Crippen LogP contribution in [-0.4, -0.2) is 28.6 Å². The largest absolute Gasteiger partial charge is 0.447 e. The summed E-state index contributed by atoms with van der Waals surface area (Å²) in [6.45, 7) is 6.99. The number of ether oxygens (including phenoxy) is 1. The number of anilines is 1. The zero-order valence-electron chi connectivity index (χ0n) is 15.2. The van der Waals surface area contributed by atoms with E-state index >= 15 is 0 Å². The monoisotopic (exact) mass is 350 g/mol. The van der Waals surface area contributed by atoms with Crippen molar-refractivity contribution in [1.82, 2.24) is 9.38 Å². The standard InChI is InChI=1S/C20H22N4O2/c1-12-6-4-8-16(24-10-11-26-20(24)25)17(12)18(21)15-7-5-9-23-14(3)13(2)22-19(15)23/h4-9,18H,10-11,21H2,1-3H3. The smallest absolute Gasteiger partial charge is 0.414 e. The van der Waals surface area contributed by atoms with Crippen molar-refractivity contribution >= 4 is 17.4 Å². The van der Waals surface area contributed by atoms with Gasteiger partial charge in [-0.25, -0.2) is 9.78 Å². The van der Waals surface area contributed by atoms with Gasteiger partial charge in [-0.3, -0.25) is 4.90 Å². The lowest BCUT2D eigenvalue weighted by atomic mass is 9.94. The molecule has 1 saturated heterocycles. The minimum atomic E-state index is -0.399. The molecule has 1 fully saturated rings. The molecule has 6 heteroatoms. The quantitative estimate of drug-likeness (QED) is 0.787. The van der Waals surface area contributed by atoms with E-state index in [0.717, 1.165) is 39.4 Å². The molecule has 0 bridgehead atoms. The maximum Gasteiger partial charge on any atom is 0.414 e. The van der Waals surface area contributed by atoms with E-state index in [1.54, 1.807) is 4.90 Å². The van der Waals surface area contributed by atoms with Gasteiger partial charge < -0.3 is 14.9 Å². The zero-order chi connectivity index (χ0) is 18.4. The predicted octanol–water partition coefficient (Wildman–Crippen LogP) is 3.26. The van der Waals surface area contributed by atoms with E-state index in [1.807, 2.05) is 57.3 Å². The van der Waals surface area contributed by atoms with Crippen molar-refractivity contribution in [3.05, 3.63) is 64.6 Å². The number of aryl methyl sites for hydroxylation is 3. The average molecular weight is 350 g/mol. The summed E-state index contributed by atoms with van der Waals surface area (Å²) in [7, 11) is 0. The number of fused-ring (bicyclic) bond motifs is 1. The maximum absolute atomic E-state index is 12.1. The molecule has 0 saturated carbocycles. The van der Waals surface area contributed by atoms with Crippen molar-refractivity contribution in [1.29, 1.82) is 0 Å². The number of hydrogen-bond acceptors (Lipinski definition) is 4. The van der Waals surface area contributed by atoms with Crippen molar-refractivity contribution in [2.45, 2.75) is 26.8 Å². The summed E-state index contributed by atoms with van der Waals surface area (Å²) in [5, 5.41) is 0. The molecule has 4 rings (SSSR count). The molecule has 6 nitrogen and oxygen atoms in total. The topological polar surface area (TPSA) is 72.9 Å². The van der Waals surface area contributed by atoms with Gasteiger partial charge in [-0.1, -0.05) is 18.2 Å². The van der Waals surface area contributed by atoms with Crippen molar-refractivity contribution in [3.8, 4) is 0 Å². The average Bonchev–Trinajstić information content (AvgIpc) is 3.18. The highest BCUT2D eigenvalue weighted by Crippen LogP contribution is 2.35. The number of amides is 1. The van der Waals surface area contributed by atoms with Crippen LogP contribution in [-0.2, 0) is 4.74 Å². The van der Waals surface area contributed by atoms with Gasteiger partial charge >= 0.3 is 6.09 Å². The molecular weight excluding hydrogens is 328 g/mol. The van der Waals surface area contributed by atoms with Gasteiger partial charge in [0.1, 0.15) is 12.3 Å². The Bertz CT molecular complexity index is 1010. The second kappa shape index (κ2) is 6.14. The first-order chi connectivity index (χ1) is 12.5. The molecule has 1 aromatic carbocycles. The first kappa shape index (κ1) is 16.6. The van der Waals surface area contributed by atoms with E-state index in [9.17, 15) is 4.79 Å². The first-order valence-electron chi connectivity index (χ1n) is 8.72. The van der Waals surface area contributed by atoms with Crippen LogP contribution in [0.2, 0.25) is 0 Å². The normalized spacial score (nSPS) is 15.5. The summed E-state index contributed by atoms with van der Waals surface area (Å²) < 4.78 is 7.18. The molecule has 0 spiro atoms. The molecule has 1 atom stereocenters. The molecular formula is C20H22N4O2. The fourth-order valence-electron chi connectivity index (χ4n) is 3.64. The number of carbonyl (C=O) groups is 1. The highest BCUT2D eigenvalue weighted by molar-refractivity contribution is 5.91. The molecule has 1 unspecified atom stereocenters. The van der Waals surface area contributed by atoms with Crippen molar-refractivity contribution < 1.29 is 9.53 Å². The number of carbonyl (C=O) groups excluding carboxylic acids is 1.